The Hall–Kier alpha value is -3.15. The quantitative estimate of drug-likeness (QED) is 0.593. The minimum absolute atomic E-state index is 0.00271. The van der Waals surface area contributed by atoms with Gasteiger partial charge < -0.3 is 5.11 Å². The second kappa shape index (κ2) is 6.63. The third-order valence-electron chi connectivity index (χ3n) is 3.96. The first-order valence-corrected chi connectivity index (χ1v) is 7.58. The van der Waals surface area contributed by atoms with Crippen LogP contribution in [0.1, 0.15) is 15.9 Å². The molecule has 0 aliphatic carbocycles. The molecule has 0 aliphatic rings. The lowest BCUT2D eigenvalue weighted by molar-refractivity contribution is -0.137. The van der Waals surface area contributed by atoms with Crippen LogP contribution in [0.3, 0.4) is 0 Å². The summed E-state index contributed by atoms with van der Waals surface area (Å²) in [6.07, 6.45) is -4.61. The van der Waals surface area contributed by atoms with E-state index in [-0.39, 0.29) is 27.8 Å². The predicted octanol–water partition coefficient (Wildman–Crippen LogP) is 5.88. The van der Waals surface area contributed by atoms with Crippen LogP contribution in [0.5, 0.6) is 0 Å². The van der Waals surface area contributed by atoms with E-state index in [4.69, 9.17) is 0 Å². The highest BCUT2D eigenvalue weighted by atomic mass is 19.4. The number of rotatable bonds is 3. The van der Waals surface area contributed by atoms with Gasteiger partial charge in [0.05, 0.1) is 11.1 Å². The Morgan fingerprint density at radius 2 is 1.38 bits per heavy atom. The second-order valence-electron chi connectivity index (χ2n) is 5.59. The topological polar surface area (TPSA) is 37.3 Å². The molecular formula is C20H12F4O2. The van der Waals surface area contributed by atoms with Crippen molar-refractivity contribution in [3.63, 3.8) is 0 Å². The average molecular weight is 360 g/mol. The van der Waals surface area contributed by atoms with Gasteiger partial charge in [0, 0.05) is 5.56 Å². The van der Waals surface area contributed by atoms with Gasteiger partial charge in [0.2, 0.25) is 0 Å². The molecule has 0 amide bonds. The number of aromatic carboxylic acids is 1. The molecule has 0 unspecified atom stereocenters. The normalized spacial score (nSPS) is 11.4. The van der Waals surface area contributed by atoms with Crippen molar-refractivity contribution in [1.82, 2.24) is 0 Å². The molecule has 0 saturated heterocycles. The van der Waals surface area contributed by atoms with Crippen molar-refractivity contribution in [3.05, 3.63) is 83.7 Å². The molecule has 0 spiro atoms. The van der Waals surface area contributed by atoms with E-state index in [1.54, 1.807) is 6.07 Å². The maximum atomic E-state index is 14.2. The summed E-state index contributed by atoms with van der Waals surface area (Å²) in [5.41, 5.74) is -0.731. The first-order valence-electron chi connectivity index (χ1n) is 7.58. The highest BCUT2D eigenvalue weighted by Gasteiger charge is 2.31. The number of hydrogen-bond donors (Lipinski definition) is 1. The van der Waals surface area contributed by atoms with Crippen LogP contribution >= 0.6 is 0 Å². The lowest BCUT2D eigenvalue weighted by Crippen LogP contribution is -2.06. The molecule has 0 fully saturated rings. The van der Waals surface area contributed by atoms with Gasteiger partial charge in [-0.3, -0.25) is 0 Å². The molecule has 132 valence electrons. The number of carboxylic acids is 1. The standard InChI is InChI=1S/C20H12F4O2/c21-18-8-4-3-6-15(18)14-10-9-12(20(22,23)24)11-17(14)13-5-1-2-7-16(13)19(25)26/h1-11H,(H,25,26). The fourth-order valence-electron chi connectivity index (χ4n) is 2.76. The third kappa shape index (κ3) is 3.31. The molecule has 1 N–H and O–H groups in total. The van der Waals surface area contributed by atoms with E-state index in [1.165, 1.54) is 42.5 Å². The van der Waals surface area contributed by atoms with Crippen molar-refractivity contribution in [2.24, 2.45) is 0 Å². The number of alkyl halides is 3. The lowest BCUT2D eigenvalue weighted by Gasteiger charge is -2.16. The SMILES string of the molecule is O=C(O)c1ccccc1-c1cc(C(F)(F)F)ccc1-c1ccccc1F. The van der Waals surface area contributed by atoms with Crippen molar-refractivity contribution in [2.75, 3.05) is 0 Å². The van der Waals surface area contributed by atoms with Gasteiger partial charge in [-0.25, -0.2) is 9.18 Å². The summed E-state index contributed by atoms with van der Waals surface area (Å²) in [7, 11) is 0. The summed E-state index contributed by atoms with van der Waals surface area (Å²) in [5, 5.41) is 9.38. The van der Waals surface area contributed by atoms with Crippen LogP contribution in [0.15, 0.2) is 66.7 Å². The Balaban J connectivity index is 2.35. The fraction of sp³-hybridized carbons (Fsp3) is 0.0500. The summed E-state index contributed by atoms with van der Waals surface area (Å²) in [6.45, 7) is 0. The van der Waals surface area contributed by atoms with Gasteiger partial charge >= 0.3 is 12.1 Å². The Morgan fingerprint density at radius 3 is 2.00 bits per heavy atom. The van der Waals surface area contributed by atoms with E-state index < -0.39 is 23.5 Å². The van der Waals surface area contributed by atoms with Gasteiger partial charge in [0.25, 0.3) is 0 Å². The number of hydrogen-bond acceptors (Lipinski definition) is 1. The molecule has 2 nitrogen and oxygen atoms in total. The summed E-state index contributed by atoms with van der Waals surface area (Å²) in [4.78, 5) is 11.5. The Labute approximate surface area is 146 Å². The molecule has 6 heteroatoms. The van der Waals surface area contributed by atoms with Crippen LogP contribution in [0.25, 0.3) is 22.3 Å². The van der Waals surface area contributed by atoms with Gasteiger partial charge in [-0.2, -0.15) is 13.2 Å². The lowest BCUT2D eigenvalue weighted by atomic mass is 9.90. The molecule has 0 aromatic heterocycles. The van der Waals surface area contributed by atoms with E-state index in [9.17, 15) is 27.5 Å². The van der Waals surface area contributed by atoms with Crippen molar-refractivity contribution < 1.29 is 27.5 Å². The summed E-state index contributed by atoms with van der Waals surface area (Å²) < 4.78 is 53.7. The third-order valence-corrected chi connectivity index (χ3v) is 3.96. The number of halogens is 4. The van der Waals surface area contributed by atoms with Crippen molar-refractivity contribution >= 4 is 5.97 Å². The molecule has 0 bridgehead atoms. The van der Waals surface area contributed by atoms with Crippen molar-refractivity contribution in [2.45, 2.75) is 6.18 Å². The molecule has 0 aliphatic heterocycles. The van der Waals surface area contributed by atoms with Crippen LogP contribution < -0.4 is 0 Å². The molecular weight excluding hydrogens is 348 g/mol. The van der Waals surface area contributed by atoms with Gasteiger partial charge in [-0.05, 0) is 41.0 Å². The van der Waals surface area contributed by atoms with Crippen LogP contribution in [0.2, 0.25) is 0 Å². The highest BCUT2D eigenvalue weighted by Crippen LogP contribution is 2.39. The van der Waals surface area contributed by atoms with Gasteiger partial charge in [0.1, 0.15) is 5.82 Å². The second-order valence-corrected chi connectivity index (χ2v) is 5.59. The first-order chi connectivity index (χ1) is 12.3. The van der Waals surface area contributed by atoms with Crippen molar-refractivity contribution in [3.8, 4) is 22.3 Å². The zero-order valence-electron chi connectivity index (χ0n) is 13.2. The number of benzene rings is 3. The predicted molar refractivity (Wildman–Crippen MR) is 89.2 cm³/mol. The van der Waals surface area contributed by atoms with E-state index in [1.807, 2.05) is 0 Å². The van der Waals surface area contributed by atoms with Crippen LogP contribution in [0, 0.1) is 5.82 Å². The van der Waals surface area contributed by atoms with Gasteiger partial charge in [-0.15, -0.1) is 0 Å². The molecule has 26 heavy (non-hydrogen) atoms. The molecule has 0 radical (unpaired) electrons. The Bertz CT molecular complexity index is 978. The maximum Gasteiger partial charge on any atom is 0.416 e. The Morgan fingerprint density at radius 1 is 0.769 bits per heavy atom. The van der Waals surface area contributed by atoms with E-state index in [0.717, 1.165) is 18.2 Å². The monoisotopic (exact) mass is 360 g/mol. The van der Waals surface area contributed by atoms with Crippen LogP contribution in [-0.4, -0.2) is 11.1 Å². The zero-order valence-corrected chi connectivity index (χ0v) is 13.2. The summed E-state index contributed by atoms with van der Waals surface area (Å²) >= 11 is 0. The molecule has 3 aromatic carbocycles. The van der Waals surface area contributed by atoms with E-state index >= 15 is 0 Å². The van der Waals surface area contributed by atoms with Crippen LogP contribution in [0.4, 0.5) is 17.6 Å². The number of carboxylic acid groups (broad SMARTS) is 1. The van der Waals surface area contributed by atoms with E-state index in [2.05, 4.69) is 0 Å². The minimum Gasteiger partial charge on any atom is -0.478 e. The first kappa shape index (κ1) is 17.7. The average Bonchev–Trinajstić information content (AvgIpc) is 2.61. The molecule has 0 atom stereocenters. The fourth-order valence-corrected chi connectivity index (χ4v) is 2.76. The highest BCUT2D eigenvalue weighted by molar-refractivity contribution is 5.99. The summed E-state index contributed by atoms with van der Waals surface area (Å²) in [6, 6.07) is 14.2. The molecule has 3 rings (SSSR count). The van der Waals surface area contributed by atoms with Crippen molar-refractivity contribution in [1.29, 1.82) is 0 Å². The largest absolute Gasteiger partial charge is 0.478 e. The minimum atomic E-state index is -4.61. The van der Waals surface area contributed by atoms with Gasteiger partial charge in [-0.1, -0.05) is 42.5 Å². The smallest absolute Gasteiger partial charge is 0.416 e. The number of carbonyl (C=O) groups is 1. The maximum absolute atomic E-state index is 14.2. The molecule has 0 heterocycles. The zero-order chi connectivity index (χ0) is 18.9. The van der Waals surface area contributed by atoms with E-state index in [0.29, 0.717) is 0 Å². The molecule has 0 saturated carbocycles. The van der Waals surface area contributed by atoms with Gasteiger partial charge in [0.15, 0.2) is 0 Å². The molecule has 3 aromatic rings. The van der Waals surface area contributed by atoms with Crippen LogP contribution in [-0.2, 0) is 6.18 Å². The Kier molecular flexibility index (Phi) is 4.50. The summed E-state index contributed by atoms with van der Waals surface area (Å²) in [5.74, 6) is -1.89.